The monoisotopic (exact) mass is 495 g/mol. The summed E-state index contributed by atoms with van der Waals surface area (Å²) in [4.78, 5) is 14.3. The normalized spacial score (nSPS) is 14.3. The van der Waals surface area contributed by atoms with Crippen LogP contribution in [-0.2, 0) is 0 Å². The van der Waals surface area contributed by atoms with Crippen LogP contribution in [0.1, 0.15) is 19.8 Å². The fraction of sp³-hybridized carbons (Fsp3) is 0.0909. The van der Waals surface area contributed by atoms with Gasteiger partial charge in [0.1, 0.15) is 0 Å². The number of aromatic nitrogens is 2. The number of benzene rings is 3. The predicted octanol–water partition coefficient (Wildman–Crippen LogP) is 7.53. The summed E-state index contributed by atoms with van der Waals surface area (Å²) >= 11 is 1.83. The zero-order valence-electron chi connectivity index (χ0n) is 20.6. The quantitative estimate of drug-likeness (QED) is 0.248. The van der Waals surface area contributed by atoms with Crippen LogP contribution in [0, 0.1) is 0 Å². The molecular formula is C33H25N3S. The maximum absolute atomic E-state index is 5.06. The predicted molar refractivity (Wildman–Crippen MR) is 155 cm³/mol. The molecule has 4 heteroatoms. The fourth-order valence-corrected chi connectivity index (χ4v) is 6.65. The summed E-state index contributed by atoms with van der Waals surface area (Å²) < 4.78 is 0. The van der Waals surface area contributed by atoms with Gasteiger partial charge in [-0.05, 0) is 78.6 Å². The minimum absolute atomic E-state index is 1.00. The molecule has 3 nitrogen and oxygen atoms in total. The molecule has 0 bridgehead atoms. The van der Waals surface area contributed by atoms with Crippen LogP contribution in [0.3, 0.4) is 0 Å². The Labute approximate surface area is 220 Å². The maximum atomic E-state index is 5.06. The van der Waals surface area contributed by atoms with Crippen LogP contribution in [0.25, 0.3) is 33.7 Å². The summed E-state index contributed by atoms with van der Waals surface area (Å²) in [6.45, 7) is 2.29. The number of hydrogen-bond donors (Lipinski definition) is 0. The first-order chi connectivity index (χ1) is 18.3. The number of nitrogens with zero attached hydrogens (tertiary/aromatic N) is 3. The Balaban J connectivity index is 1.72. The van der Waals surface area contributed by atoms with Crippen LogP contribution < -0.4 is 15.3 Å². The van der Waals surface area contributed by atoms with E-state index >= 15 is 0 Å². The Morgan fingerprint density at radius 1 is 0.811 bits per heavy atom. The van der Waals surface area contributed by atoms with E-state index in [2.05, 4.69) is 108 Å². The summed E-state index contributed by atoms with van der Waals surface area (Å²) in [5, 5.41) is 3.68. The second-order valence-electron chi connectivity index (χ2n) is 9.43. The maximum Gasteiger partial charge on any atom is 0.0955 e. The molecular weight excluding hydrogens is 470 g/mol. The Kier molecular flexibility index (Phi) is 5.40. The van der Waals surface area contributed by atoms with Gasteiger partial charge in [0, 0.05) is 39.0 Å². The van der Waals surface area contributed by atoms with Crippen LogP contribution >= 0.6 is 11.8 Å². The highest BCUT2D eigenvalue weighted by Crippen LogP contribution is 2.51. The molecule has 0 atom stereocenters. The lowest BCUT2D eigenvalue weighted by atomic mass is 9.91. The Morgan fingerprint density at radius 3 is 2.30 bits per heavy atom. The first-order valence-electron chi connectivity index (χ1n) is 12.6. The smallest absolute Gasteiger partial charge is 0.0955 e. The van der Waals surface area contributed by atoms with Crippen LogP contribution in [0.5, 0.6) is 0 Å². The molecule has 3 aromatic carbocycles. The third-order valence-corrected chi connectivity index (χ3v) is 8.34. The van der Waals surface area contributed by atoms with E-state index in [1.807, 2.05) is 30.4 Å². The Bertz CT molecular complexity index is 1780. The number of rotatable bonds is 2. The van der Waals surface area contributed by atoms with E-state index in [0.717, 1.165) is 29.4 Å². The summed E-state index contributed by atoms with van der Waals surface area (Å²) in [7, 11) is 0. The number of para-hydroxylation sites is 2. The van der Waals surface area contributed by atoms with Crippen molar-refractivity contribution in [3.8, 4) is 11.1 Å². The Hall–Kier alpha value is -4.15. The third-order valence-electron chi connectivity index (χ3n) is 7.21. The second-order valence-corrected chi connectivity index (χ2v) is 10.5. The van der Waals surface area contributed by atoms with Crippen LogP contribution in [0.2, 0.25) is 0 Å². The number of allylic oxidation sites excluding steroid dienone is 2. The van der Waals surface area contributed by atoms with Crippen molar-refractivity contribution in [1.82, 2.24) is 9.97 Å². The molecule has 0 saturated heterocycles. The minimum Gasteiger partial charge on any atom is -0.305 e. The zero-order chi connectivity index (χ0) is 24.8. The van der Waals surface area contributed by atoms with Gasteiger partial charge in [0.2, 0.25) is 0 Å². The second kappa shape index (κ2) is 9.06. The molecule has 1 aliphatic carbocycles. The zero-order valence-corrected chi connectivity index (χ0v) is 21.4. The van der Waals surface area contributed by atoms with Crippen molar-refractivity contribution in [3.63, 3.8) is 0 Å². The lowest BCUT2D eigenvalue weighted by Gasteiger charge is -2.34. The number of fused-ring (bicyclic) bond motifs is 4. The van der Waals surface area contributed by atoms with E-state index in [0.29, 0.717) is 0 Å². The molecule has 37 heavy (non-hydrogen) atoms. The van der Waals surface area contributed by atoms with Crippen molar-refractivity contribution in [2.75, 3.05) is 4.90 Å². The number of anilines is 3. The van der Waals surface area contributed by atoms with Gasteiger partial charge in [-0.25, -0.2) is 0 Å². The molecule has 0 amide bonds. The summed E-state index contributed by atoms with van der Waals surface area (Å²) in [5.74, 6) is 0. The standard InChI is InChI=1S/C33H25N3S/c1-22-10-3-2-4-11-25-30(22)31(23-17-20-34-21-18-23)24-12-9-19-35-32(24)33(25)36-26-13-5-7-15-28(26)37-29-16-8-6-14-27(29)36/h2,4-9,11-21H,3,10H2,1H3. The third kappa shape index (κ3) is 3.59. The van der Waals surface area contributed by atoms with Crippen molar-refractivity contribution in [1.29, 1.82) is 0 Å². The molecule has 7 rings (SSSR count). The highest BCUT2D eigenvalue weighted by molar-refractivity contribution is 7.99. The molecule has 3 heterocycles. The van der Waals surface area contributed by atoms with Gasteiger partial charge in [0.25, 0.3) is 0 Å². The van der Waals surface area contributed by atoms with Gasteiger partial charge in [-0.1, -0.05) is 65.9 Å². The largest absolute Gasteiger partial charge is 0.305 e. The average molecular weight is 496 g/mol. The Morgan fingerprint density at radius 2 is 1.54 bits per heavy atom. The molecule has 0 radical (unpaired) electrons. The SMILES string of the molecule is CC1=c2c(-c3ccncc3)c3cccnc3c(N3c4ccccc4Sc4ccccc43)c2=CC=CCC1. The molecule has 5 aromatic rings. The molecule has 1 aliphatic heterocycles. The molecule has 0 spiro atoms. The minimum atomic E-state index is 1.00. The average Bonchev–Trinajstić information content (AvgIpc) is 2.94. The van der Waals surface area contributed by atoms with Crippen LogP contribution in [0.15, 0.2) is 113 Å². The van der Waals surface area contributed by atoms with E-state index in [-0.39, 0.29) is 0 Å². The number of pyridine rings is 2. The molecule has 2 aliphatic rings. The molecule has 0 saturated carbocycles. The van der Waals surface area contributed by atoms with Gasteiger partial charge in [-0.15, -0.1) is 0 Å². The van der Waals surface area contributed by atoms with E-state index in [4.69, 9.17) is 4.98 Å². The molecule has 178 valence electrons. The molecule has 2 aromatic heterocycles. The van der Waals surface area contributed by atoms with Crippen molar-refractivity contribution < 1.29 is 0 Å². The number of hydrogen-bond acceptors (Lipinski definition) is 4. The highest BCUT2D eigenvalue weighted by atomic mass is 32.2. The summed E-state index contributed by atoms with van der Waals surface area (Å²) in [6.07, 6.45) is 14.5. The molecule has 0 unspecified atom stereocenters. The molecule has 0 fully saturated rings. The van der Waals surface area contributed by atoms with E-state index in [1.165, 1.54) is 48.3 Å². The summed E-state index contributed by atoms with van der Waals surface area (Å²) in [6, 6.07) is 25.9. The highest BCUT2D eigenvalue weighted by Gasteiger charge is 2.28. The summed E-state index contributed by atoms with van der Waals surface area (Å²) in [5.41, 5.74) is 8.31. The lowest BCUT2D eigenvalue weighted by molar-refractivity contribution is 1.05. The van der Waals surface area contributed by atoms with Crippen molar-refractivity contribution in [2.24, 2.45) is 0 Å². The van der Waals surface area contributed by atoms with Crippen LogP contribution in [0.4, 0.5) is 17.1 Å². The van der Waals surface area contributed by atoms with Crippen molar-refractivity contribution in [2.45, 2.75) is 29.6 Å². The van der Waals surface area contributed by atoms with Gasteiger partial charge in [-0.3, -0.25) is 9.97 Å². The topological polar surface area (TPSA) is 29.0 Å². The first kappa shape index (κ1) is 22.1. The molecule has 0 N–H and O–H groups in total. The van der Waals surface area contributed by atoms with Gasteiger partial charge in [0.15, 0.2) is 0 Å². The van der Waals surface area contributed by atoms with E-state index in [1.54, 1.807) is 0 Å². The van der Waals surface area contributed by atoms with Crippen LogP contribution in [-0.4, -0.2) is 9.97 Å². The van der Waals surface area contributed by atoms with Gasteiger partial charge < -0.3 is 4.90 Å². The fourth-order valence-electron chi connectivity index (χ4n) is 5.59. The van der Waals surface area contributed by atoms with E-state index < -0.39 is 0 Å². The van der Waals surface area contributed by atoms with E-state index in [9.17, 15) is 0 Å². The van der Waals surface area contributed by atoms with Crippen molar-refractivity contribution in [3.05, 3.63) is 114 Å². The van der Waals surface area contributed by atoms with Crippen molar-refractivity contribution >= 4 is 51.4 Å². The van der Waals surface area contributed by atoms with Gasteiger partial charge >= 0.3 is 0 Å². The first-order valence-corrected chi connectivity index (χ1v) is 13.5. The van der Waals surface area contributed by atoms with Gasteiger partial charge in [-0.2, -0.15) is 0 Å². The lowest BCUT2D eigenvalue weighted by Crippen LogP contribution is -2.35. The van der Waals surface area contributed by atoms with Gasteiger partial charge in [0.05, 0.1) is 22.6 Å².